The van der Waals surface area contributed by atoms with Crippen LogP contribution in [0.15, 0.2) is 46.9 Å². The number of nitrogens with one attached hydrogen (secondary N) is 1. The van der Waals surface area contributed by atoms with Gasteiger partial charge in [0.25, 0.3) is 0 Å². The van der Waals surface area contributed by atoms with Crippen LogP contribution < -0.4 is 5.32 Å². The molecular formula is C15H15BrFNO. The molecule has 0 aromatic heterocycles. The molecule has 0 saturated carbocycles. The Balaban J connectivity index is 2.03. The predicted molar refractivity (Wildman–Crippen MR) is 77.5 cm³/mol. The second kappa shape index (κ2) is 6.17. The Labute approximate surface area is 120 Å². The van der Waals surface area contributed by atoms with Crippen LogP contribution in [0.2, 0.25) is 0 Å². The number of phenols is 1. The SMILES string of the molecule is CC(NCc1ccc(O)cc1)c1cc(Br)ccc1F. The summed E-state index contributed by atoms with van der Waals surface area (Å²) in [5, 5.41) is 12.5. The fourth-order valence-corrected chi connectivity index (χ4v) is 2.22. The van der Waals surface area contributed by atoms with Gasteiger partial charge >= 0.3 is 0 Å². The van der Waals surface area contributed by atoms with Gasteiger partial charge in [-0.3, -0.25) is 0 Å². The van der Waals surface area contributed by atoms with Gasteiger partial charge in [-0.15, -0.1) is 0 Å². The minimum atomic E-state index is -0.214. The van der Waals surface area contributed by atoms with Gasteiger partial charge in [-0.25, -0.2) is 4.39 Å². The molecule has 2 aromatic carbocycles. The van der Waals surface area contributed by atoms with Crippen molar-refractivity contribution >= 4 is 15.9 Å². The first kappa shape index (κ1) is 14.0. The fraction of sp³-hybridized carbons (Fsp3) is 0.200. The second-order valence-electron chi connectivity index (χ2n) is 4.43. The van der Waals surface area contributed by atoms with Gasteiger partial charge in [0, 0.05) is 22.6 Å². The number of phenolic OH excluding ortho intramolecular Hbond substituents is 1. The lowest BCUT2D eigenvalue weighted by Gasteiger charge is -2.15. The summed E-state index contributed by atoms with van der Waals surface area (Å²) in [7, 11) is 0. The van der Waals surface area contributed by atoms with Gasteiger partial charge in [-0.2, -0.15) is 0 Å². The molecule has 0 spiro atoms. The molecule has 2 N–H and O–H groups in total. The molecule has 0 saturated heterocycles. The molecule has 0 aliphatic heterocycles. The van der Waals surface area contributed by atoms with Crippen LogP contribution in [0.1, 0.15) is 24.1 Å². The molecule has 100 valence electrons. The number of benzene rings is 2. The summed E-state index contributed by atoms with van der Waals surface area (Å²) >= 11 is 3.35. The van der Waals surface area contributed by atoms with Gasteiger partial charge < -0.3 is 10.4 Å². The second-order valence-corrected chi connectivity index (χ2v) is 5.35. The monoisotopic (exact) mass is 323 g/mol. The number of hydrogen-bond donors (Lipinski definition) is 2. The molecule has 0 fully saturated rings. The van der Waals surface area contributed by atoms with Crippen molar-refractivity contribution in [3.8, 4) is 5.75 Å². The van der Waals surface area contributed by atoms with E-state index >= 15 is 0 Å². The summed E-state index contributed by atoms with van der Waals surface area (Å²) in [4.78, 5) is 0. The van der Waals surface area contributed by atoms with E-state index in [1.54, 1.807) is 24.3 Å². The summed E-state index contributed by atoms with van der Waals surface area (Å²) in [6.45, 7) is 2.54. The van der Waals surface area contributed by atoms with E-state index in [-0.39, 0.29) is 17.6 Å². The first-order valence-corrected chi connectivity index (χ1v) is 6.82. The fourth-order valence-electron chi connectivity index (χ4n) is 1.84. The molecule has 0 amide bonds. The number of hydrogen-bond acceptors (Lipinski definition) is 2. The quantitative estimate of drug-likeness (QED) is 0.886. The van der Waals surface area contributed by atoms with Crippen molar-refractivity contribution in [2.45, 2.75) is 19.5 Å². The molecule has 0 aliphatic rings. The van der Waals surface area contributed by atoms with Crippen LogP contribution in [-0.2, 0) is 6.54 Å². The molecule has 0 radical (unpaired) electrons. The van der Waals surface area contributed by atoms with Crippen molar-refractivity contribution in [2.24, 2.45) is 0 Å². The van der Waals surface area contributed by atoms with E-state index in [9.17, 15) is 9.50 Å². The standard InChI is InChI=1S/C15H15BrFNO/c1-10(14-8-12(16)4-7-15(14)17)18-9-11-2-5-13(19)6-3-11/h2-8,10,18-19H,9H2,1H3. The van der Waals surface area contributed by atoms with Gasteiger partial charge in [0.1, 0.15) is 11.6 Å². The van der Waals surface area contributed by atoms with Crippen LogP contribution in [0.25, 0.3) is 0 Å². The van der Waals surface area contributed by atoms with Crippen LogP contribution in [0, 0.1) is 5.82 Å². The van der Waals surface area contributed by atoms with Crippen molar-refractivity contribution in [2.75, 3.05) is 0 Å². The molecular weight excluding hydrogens is 309 g/mol. The Bertz CT molecular complexity index is 557. The third-order valence-corrected chi connectivity index (χ3v) is 3.47. The summed E-state index contributed by atoms with van der Waals surface area (Å²) in [6, 6.07) is 11.8. The van der Waals surface area contributed by atoms with E-state index in [4.69, 9.17) is 0 Å². The topological polar surface area (TPSA) is 32.3 Å². The maximum Gasteiger partial charge on any atom is 0.128 e. The molecule has 1 atom stereocenters. The van der Waals surface area contributed by atoms with Crippen LogP contribution in [0.3, 0.4) is 0 Å². The van der Waals surface area contributed by atoms with E-state index in [1.807, 2.05) is 19.1 Å². The van der Waals surface area contributed by atoms with E-state index < -0.39 is 0 Å². The summed E-state index contributed by atoms with van der Waals surface area (Å²) < 4.78 is 14.6. The third-order valence-electron chi connectivity index (χ3n) is 2.97. The molecule has 4 heteroatoms. The largest absolute Gasteiger partial charge is 0.508 e. The molecule has 1 unspecified atom stereocenters. The van der Waals surface area contributed by atoms with E-state index in [0.717, 1.165) is 10.0 Å². The van der Waals surface area contributed by atoms with Crippen LogP contribution in [0.5, 0.6) is 5.75 Å². The molecule has 0 aliphatic carbocycles. The van der Waals surface area contributed by atoms with Crippen molar-refractivity contribution in [3.63, 3.8) is 0 Å². The highest BCUT2D eigenvalue weighted by Gasteiger charge is 2.10. The highest BCUT2D eigenvalue weighted by atomic mass is 79.9. The van der Waals surface area contributed by atoms with E-state index in [2.05, 4.69) is 21.2 Å². The normalized spacial score (nSPS) is 12.4. The van der Waals surface area contributed by atoms with Gasteiger partial charge in [-0.1, -0.05) is 28.1 Å². The lowest BCUT2D eigenvalue weighted by Crippen LogP contribution is -2.19. The maximum atomic E-state index is 13.7. The van der Waals surface area contributed by atoms with Gasteiger partial charge in [0.2, 0.25) is 0 Å². The molecule has 0 bridgehead atoms. The molecule has 19 heavy (non-hydrogen) atoms. The molecule has 2 nitrogen and oxygen atoms in total. The van der Waals surface area contributed by atoms with Crippen molar-refractivity contribution < 1.29 is 9.50 Å². The average molecular weight is 324 g/mol. The minimum Gasteiger partial charge on any atom is -0.508 e. The first-order chi connectivity index (χ1) is 9.06. The zero-order valence-corrected chi connectivity index (χ0v) is 12.1. The van der Waals surface area contributed by atoms with E-state index in [0.29, 0.717) is 12.1 Å². The Morgan fingerprint density at radius 2 is 1.89 bits per heavy atom. The minimum absolute atomic E-state index is 0.0914. The lowest BCUT2D eigenvalue weighted by atomic mass is 10.1. The highest BCUT2D eigenvalue weighted by molar-refractivity contribution is 9.10. The zero-order valence-electron chi connectivity index (χ0n) is 10.5. The Morgan fingerprint density at radius 3 is 2.58 bits per heavy atom. The Kier molecular flexibility index (Phi) is 4.56. The van der Waals surface area contributed by atoms with Crippen molar-refractivity contribution in [1.29, 1.82) is 0 Å². The Morgan fingerprint density at radius 1 is 1.21 bits per heavy atom. The molecule has 2 rings (SSSR count). The number of rotatable bonds is 4. The van der Waals surface area contributed by atoms with Gasteiger partial charge in [0.05, 0.1) is 0 Å². The Hall–Kier alpha value is -1.39. The number of halogens is 2. The molecule has 2 aromatic rings. The summed E-state index contributed by atoms with van der Waals surface area (Å²) in [5.41, 5.74) is 1.67. The zero-order chi connectivity index (χ0) is 13.8. The lowest BCUT2D eigenvalue weighted by molar-refractivity contribution is 0.474. The smallest absolute Gasteiger partial charge is 0.128 e. The predicted octanol–water partition coefficient (Wildman–Crippen LogP) is 4.14. The maximum absolute atomic E-state index is 13.7. The molecule has 0 heterocycles. The number of aromatic hydroxyl groups is 1. The highest BCUT2D eigenvalue weighted by Crippen LogP contribution is 2.22. The summed E-state index contributed by atoms with van der Waals surface area (Å²) in [5.74, 6) is 0.0312. The van der Waals surface area contributed by atoms with Gasteiger partial charge in [-0.05, 0) is 42.8 Å². The van der Waals surface area contributed by atoms with Crippen LogP contribution >= 0.6 is 15.9 Å². The average Bonchev–Trinajstić information content (AvgIpc) is 2.40. The first-order valence-electron chi connectivity index (χ1n) is 6.02. The third kappa shape index (κ3) is 3.78. The van der Waals surface area contributed by atoms with E-state index in [1.165, 1.54) is 6.07 Å². The van der Waals surface area contributed by atoms with Crippen LogP contribution in [-0.4, -0.2) is 5.11 Å². The summed E-state index contributed by atoms with van der Waals surface area (Å²) in [6.07, 6.45) is 0. The van der Waals surface area contributed by atoms with Crippen molar-refractivity contribution in [1.82, 2.24) is 5.32 Å². The van der Waals surface area contributed by atoms with Crippen molar-refractivity contribution in [3.05, 3.63) is 63.9 Å². The van der Waals surface area contributed by atoms with Crippen LogP contribution in [0.4, 0.5) is 4.39 Å². The van der Waals surface area contributed by atoms with Gasteiger partial charge in [0.15, 0.2) is 0 Å².